The Morgan fingerprint density at radius 2 is 2.13 bits per heavy atom. The second kappa shape index (κ2) is 6.45. The first-order valence-corrected chi connectivity index (χ1v) is 5.72. The standard InChI is InChI=1S/C14H23N/c1-6-8-13(5)14(11-15,9-7-2)10-12(3)4/h7,12H,2,5-6,8-10H2,1,3-4H3. The smallest absolute Gasteiger partial charge is 0.0816 e. The highest BCUT2D eigenvalue weighted by Crippen LogP contribution is 2.39. The van der Waals surface area contributed by atoms with E-state index in [1.54, 1.807) is 0 Å². The summed E-state index contributed by atoms with van der Waals surface area (Å²) < 4.78 is 0. The fourth-order valence-electron chi connectivity index (χ4n) is 2.03. The molecule has 15 heavy (non-hydrogen) atoms. The van der Waals surface area contributed by atoms with Crippen molar-refractivity contribution in [3.8, 4) is 6.07 Å². The van der Waals surface area contributed by atoms with Gasteiger partial charge in [-0.2, -0.15) is 5.26 Å². The molecule has 0 amide bonds. The summed E-state index contributed by atoms with van der Waals surface area (Å²) in [6, 6.07) is 2.46. The van der Waals surface area contributed by atoms with Gasteiger partial charge in [-0.1, -0.05) is 45.4 Å². The summed E-state index contributed by atoms with van der Waals surface area (Å²) in [6.07, 6.45) is 5.44. The molecule has 84 valence electrons. The first kappa shape index (κ1) is 14.0. The SMILES string of the molecule is C=CCC(C#N)(CC(C)C)C(=C)CCC. The highest BCUT2D eigenvalue weighted by atomic mass is 14.4. The number of allylic oxidation sites excluding steroid dienone is 2. The minimum absolute atomic E-state index is 0.383. The topological polar surface area (TPSA) is 23.8 Å². The van der Waals surface area contributed by atoms with Gasteiger partial charge in [-0.05, 0) is 25.2 Å². The Balaban J connectivity index is 4.88. The molecule has 0 saturated carbocycles. The third kappa shape index (κ3) is 3.91. The van der Waals surface area contributed by atoms with E-state index in [4.69, 9.17) is 0 Å². The lowest BCUT2D eigenvalue weighted by atomic mass is 9.72. The highest BCUT2D eigenvalue weighted by Gasteiger charge is 2.32. The zero-order valence-electron chi connectivity index (χ0n) is 10.3. The van der Waals surface area contributed by atoms with Crippen LogP contribution in [-0.4, -0.2) is 0 Å². The Bertz CT molecular complexity index is 257. The molecule has 0 aliphatic carbocycles. The van der Waals surface area contributed by atoms with Crippen molar-refractivity contribution in [2.24, 2.45) is 11.3 Å². The van der Waals surface area contributed by atoms with Gasteiger partial charge < -0.3 is 0 Å². The number of rotatable bonds is 7. The maximum absolute atomic E-state index is 9.39. The van der Waals surface area contributed by atoms with Crippen molar-refractivity contribution >= 4 is 0 Å². The number of hydrogen-bond acceptors (Lipinski definition) is 1. The molecule has 0 aromatic carbocycles. The predicted octanol–water partition coefficient (Wildman–Crippen LogP) is 4.47. The Morgan fingerprint density at radius 1 is 1.53 bits per heavy atom. The molecule has 1 atom stereocenters. The Morgan fingerprint density at radius 3 is 2.47 bits per heavy atom. The van der Waals surface area contributed by atoms with Crippen LogP contribution < -0.4 is 0 Å². The van der Waals surface area contributed by atoms with Gasteiger partial charge >= 0.3 is 0 Å². The van der Waals surface area contributed by atoms with Crippen LogP contribution in [0.2, 0.25) is 0 Å². The van der Waals surface area contributed by atoms with E-state index in [0.717, 1.165) is 31.3 Å². The van der Waals surface area contributed by atoms with E-state index in [0.29, 0.717) is 5.92 Å². The van der Waals surface area contributed by atoms with Crippen LogP contribution in [0, 0.1) is 22.7 Å². The quantitative estimate of drug-likeness (QED) is 0.562. The predicted molar refractivity (Wildman–Crippen MR) is 66.4 cm³/mol. The van der Waals surface area contributed by atoms with Crippen molar-refractivity contribution in [1.29, 1.82) is 5.26 Å². The first-order chi connectivity index (χ1) is 7.02. The van der Waals surface area contributed by atoms with E-state index in [2.05, 4.69) is 40.0 Å². The third-order valence-corrected chi connectivity index (χ3v) is 2.69. The van der Waals surface area contributed by atoms with Crippen molar-refractivity contribution in [1.82, 2.24) is 0 Å². The molecule has 0 aliphatic heterocycles. The first-order valence-electron chi connectivity index (χ1n) is 5.72. The zero-order valence-corrected chi connectivity index (χ0v) is 10.3. The molecule has 0 saturated heterocycles. The molecule has 0 fully saturated rings. The monoisotopic (exact) mass is 205 g/mol. The molecule has 0 spiro atoms. The van der Waals surface area contributed by atoms with Gasteiger partial charge in [0.05, 0.1) is 11.5 Å². The number of nitriles is 1. The van der Waals surface area contributed by atoms with E-state index in [9.17, 15) is 5.26 Å². The van der Waals surface area contributed by atoms with E-state index >= 15 is 0 Å². The molecule has 0 bridgehead atoms. The molecule has 1 unspecified atom stereocenters. The summed E-state index contributed by atoms with van der Waals surface area (Å²) in [5.74, 6) is 0.512. The maximum atomic E-state index is 9.39. The molecule has 1 nitrogen and oxygen atoms in total. The number of hydrogen-bond donors (Lipinski definition) is 0. The van der Waals surface area contributed by atoms with Gasteiger partial charge in [0.2, 0.25) is 0 Å². The van der Waals surface area contributed by atoms with Gasteiger partial charge in [0.1, 0.15) is 0 Å². The van der Waals surface area contributed by atoms with E-state index < -0.39 is 0 Å². The molecule has 0 aromatic rings. The third-order valence-electron chi connectivity index (χ3n) is 2.69. The highest BCUT2D eigenvalue weighted by molar-refractivity contribution is 5.22. The lowest BCUT2D eigenvalue weighted by Crippen LogP contribution is -2.22. The van der Waals surface area contributed by atoms with Gasteiger partial charge in [0, 0.05) is 0 Å². The summed E-state index contributed by atoms with van der Waals surface area (Å²) in [6.45, 7) is 14.3. The van der Waals surface area contributed by atoms with Crippen LogP contribution in [0.5, 0.6) is 0 Å². The van der Waals surface area contributed by atoms with Crippen LogP contribution in [0.3, 0.4) is 0 Å². The maximum Gasteiger partial charge on any atom is 0.0816 e. The van der Waals surface area contributed by atoms with E-state index in [1.807, 2.05) is 6.08 Å². The summed E-state index contributed by atoms with van der Waals surface area (Å²) in [4.78, 5) is 0. The van der Waals surface area contributed by atoms with E-state index in [-0.39, 0.29) is 5.41 Å². The second-order valence-corrected chi connectivity index (χ2v) is 4.64. The summed E-state index contributed by atoms with van der Waals surface area (Å²) in [5.41, 5.74) is 0.687. The average molecular weight is 205 g/mol. The molecule has 0 heterocycles. The second-order valence-electron chi connectivity index (χ2n) is 4.64. The molecule has 0 N–H and O–H groups in total. The fourth-order valence-corrected chi connectivity index (χ4v) is 2.03. The van der Waals surface area contributed by atoms with Crippen LogP contribution in [0.1, 0.15) is 46.5 Å². The average Bonchev–Trinajstić information content (AvgIpc) is 2.16. The van der Waals surface area contributed by atoms with Gasteiger partial charge in [-0.15, -0.1) is 6.58 Å². The zero-order chi connectivity index (χ0) is 11.9. The van der Waals surface area contributed by atoms with Crippen molar-refractivity contribution in [2.45, 2.75) is 46.5 Å². The van der Waals surface area contributed by atoms with Crippen LogP contribution in [-0.2, 0) is 0 Å². The largest absolute Gasteiger partial charge is 0.197 e. The van der Waals surface area contributed by atoms with Crippen molar-refractivity contribution in [3.05, 3.63) is 24.8 Å². The van der Waals surface area contributed by atoms with Crippen LogP contribution in [0.15, 0.2) is 24.8 Å². The Kier molecular flexibility index (Phi) is 6.01. The van der Waals surface area contributed by atoms with Crippen molar-refractivity contribution in [3.63, 3.8) is 0 Å². The lowest BCUT2D eigenvalue weighted by Gasteiger charge is -2.29. The number of nitrogens with zero attached hydrogens (tertiary/aromatic N) is 1. The van der Waals surface area contributed by atoms with Gasteiger partial charge in [0.15, 0.2) is 0 Å². The van der Waals surface area contributed by atoms with E-state index in [1.165, 1.54) is 0 Å². The molecular weight excluding hydrogens is 182 g/mol. The van der Waals surface area contributed by atoms with Gasteiger partial charge in [0.25, 0.3) is 0 Å². The molecule has 0 aromatic heterocycles. The molecule has 1 heteroatoms. The normalized spacial score (nSPS) is 14.3. The minimum Gasteiger partial charge on any atom is -0.197 e. The van der Waals surface area contributed by atoms with Crippen LogP contribution in [0.4, 0.5) is 0 Å². The van der Waals surface area contributed by atoms with Crippen molar-refractivity contribution < 1.29 is 0 Å². The minimum atomic E-state index is -0.383. The summed E-state index contributed by atoms with van der Waals surface area (Å²) in [5, 5.41) is 9.39. The molecule has 0 radical (unpaired) electrons. The molecular formula is C14H23N. The van der Waals surface area contributed by atoms with Crippen LogP contribution in [0.25, 0.3) is 0 Å². The van der Waals surface area contributed by atoms with Gasteiger partial charge in [-0.3, -0.25) is 0 Å². The Hall–Kier alpha value is -1.03. The molecule has 0 rings (SSSR count). The van der Waals surface area contributed by atoms with Gasteiger partial charge in [-0.25, -0.2) is 0 Å². The summed E-state index contributed by atoms with van der Waals surface area (Å²) in [7, 11) is 0. The Labute approximate surface area is 94.5 Å². The molecule has 0 aliphatic rings. The van der Waals surface area contributed by atoms with Crippen molar-refractivity contribution in [2.75, 3.05) is 0 Å². The summed E-state index contributed by atoms with van der Waals surface area (Å²) >= 11 is 0. The lowest BCUT2D eigenvalue weighted by molar-refractivity contribution is 0.361. The fraction of sp³-hybridized carbons (Fsp3) is 0.643. The van der Waals surface area contributed by atoms with Crippen LogP contribution >= 0.6 is 0 Å².